The maximum absolute atomic E-state index is 13.0. The summed E-state index contributed by atoms with van der Waals surface area (Å²) in [5, 5.41) is 22.7. The monoisotopic (exact) mass is 399 g/mol. The zero-order valence-corrected chi connectivity index (χ0v) is 17.4. The van der Waals surface area contributed by atoms with Crippen LogP contribution in [0.1, 0.15) is 37.8 Å². The van der Waals surface area contributed by atoms with Crippen LogP contribution in [0.15, 0.2) is 10.9 Å². The molecule has 8 nitrogen and oxygen atoms in total. The van der Waals surface area contributed by atoms with E-state index in [1.165, 1.54) is 4.57 Å². The molecule has 2 aromatic rings. The molecule has 0 amide bonds. The standard InChI is InChI=1S/C21H29N5O3/c1-4-13-11-16-15(8-10-29-16)18(27)17(13)20-24-23-19(21(28)25(20)3)22-14-7-6-9-26(5-2)12-14/h11,14,27H,4-10,12H2,1-3H3,(H,22,23)/t14-/m1/s1. The van der Waals surface area contributed by atoms with Gasteiger partial charge in [0.1, 0.15) is 11.5 Å². The second-order valence-corrected chi connectivity index (χ2v) is 7.80. The molecule has 0 radical (unpaired) electrons. The molecule has 29 heavy (non-hydrogen) atoms. The molecule has 1 fully saturated rings. The van der Waals surface area contributed by atoms with E-state index in [1.807, 2.05) is 13.0 Å². The fraction of sp³-hybridized carbons (Fsp3) is 0.571. The largest absolute Gasteiger partial charge is 0.507 e. The average molecular weight is 399 g/mol. The number of phenolic OH excluding ortho intramolecular Hbond substituents is 1. The molecule has 3 heterocycles. The molecule has 4 rings (SSSR count). The van der Waals surface area contributed by atoms with Crippen molar-refractivity contribution >= 4 is 5.82 Å². The third-order valence-corrected chi connectivity index (χ3v) is 6.02. The van der Waals surface area contributed by atoms with E-state index in [0.717, 1.165) is 49.4 Å². The van der Waals surface area contributed by atoms with Crippen molar-refractivity contribution in [3.8, 4) is 22.9 Å². The topological polar surface area (TPSA) is 92.5 Å². The van der Waals surface area contributed by atoms with Gasteiger partial charge in [0.05, 0.1) is 12.2 Å². The molecule has 0 unspecified atom stereocenters. The Labute approximate surface area is 170 Å². The number of likely N-dealkylation sites (tertiary alicyclic amines) is 1. The minimum absolute atomic E-state index is 0.146. The van der Waals surface area contributed by atoms with Crippen LogP contribution in [0.4, 0.5) is 5.82 Å². The number of anilines is 1. The number of aromatic nitrogens is 3. The highest BCUT2D eigenvalue weighted by molar-refractivity contribution is 5.73. The molecule has 156 valence electrons. The van der Waals surface area contributed by atoms with Crippen molar-refractivity contribution in [2.45, 2.75) is 45.6 Å². The molecule has 2 aliphatic heterocycles. The van der Waals surface area contributed by atoms with Gasteiger partial charge in [-0.15, -0.1) is 10.2 Å². The molecule has 0 spiro atoms. The third kappa shape index (κ3) is 3.57. The fourth-order valence-corrected chi connectivity index (χ4v) is 4.32. The van der Waals surface area contributed by atoms with E-state index < -0.39 is 0 Å². The van der Waals surface area contributed by atoms with Crippen molar-refractivity contribution in [3.63, 3.8) is 0 Å². The number of hydrogen-bond acceptors (Lipinski definition) is 7. The van der Waals surface area contributed by atoms with Crippen LogP contribution in [0.2, 0.25) is 0 Å². The van der Waals surface area contributed by atoms with Crippen LogP contribution in [0.3, 0.4) is 0 Å². The maximum Gasteiger partial charge on any atom is 0.296 e. The number of aryl methyl sites for hydroxylation is 1. The number of hydrogen-bond donors (Lipinski definition) is 2. The molecule has 1 aromatic heterocycles. The van der Waals surface area contributed by atoms with Gasteiger partial charge in [0.2, 0.25) is 5.82 Å². The van der Waals surface area contributed by atoms with Gasteiger partial charge in [0.25, 0.3) is 5.56 Å². The SMILES string of the molecule is CCc1cc2c(c(O)c1-c1nnc(N[C@@H]3CCCN(CC)C3)c(=O)n1C)CCO2. The predicted octanol–water partition coefficient (Wildman–Crippen LogP) is 1.94. The lowest BCUT2D eigenvalue weighted by atomic mass is 9.98. The number of rotatable bonds is 5. The summed E-state index contributed by atoms with van der Waals surface area (Å²) < 4.78 is 7.09. The second kappa shape index (κ2) is 8.02. The fourth-order valence-electron chi connectivity index (χ4n) is 4.32. The summed E-state index contributed by atoms with van der Waals surface area (Å²) in [5.74, 6) is 1.51. The summed E-state index contributed by atoms with van der Waals surface area (Å²) in [7, 11) is 1.68. The third-order valence-electron chi connectivity index (χ3n) is 6.02. The van der Waals surface area contributed by atoms with Gasteiger partial charge < -0.3 is 20.1 Å². The Bertz CT molecular complexity index is 972. The van der Waals surface area contributed by atoms with Gasteiger partial charge in [-0.1, -0.05) is 13.8 Å². The Kier molecular flexibility index (Phi) is 5.45. The predicted molar refractivity (Wildman–Crippen MR) is 112 cm³/mol. The summed E-state index contributed by atoms with van der Waals surface area (Å²) in [6, 6.07) is 2.13. The van der Waals surface area contributed by atoms with E-state index >= 15 is 0 Å². The second-order valence-electron chi connectivity index (χ2n) is 7.80. The van der Waals surface area contributed by atoms with Crippen molar-refractivity contribution in [1.82, 2.24) is 19.7 Å². The number of aromatic hydroxyl groups is 1. The summed E-state index contributed by atoms with van der Waals surface area (Å²) in [4.78, 5) is 15.4. The highest BCUT2D eigenvalue weighted by Gasteiger charge is 2.26. The first-order valence-corrected chi connectivity index (χ1v) is 10.5. The quantitative estimate of drug-likeness (QED) is 0.794. The van der Waals surface area contributed by atoms with E-state index in [1.54, 1.807) is 7.05 Å². The smallest absolute Gasteiger partial charge is 0.296 e. The van der Waals surface area contributed by atoms with Crippen LogP contribution >= 0.6 is 0 Å². The lowest BCUT2D eigenvalue weighted by molar-refractivity contribution is 0.226. The molecule has 0 bridgehead atoms. The van der Waals surface area contributed by atoms with E-state index in [0.29, 0.717) is 30.8 Å². The van der Waals surface area contributed by atoms with Crippen LogP contribution in [0.25, 0.3) is 11.4 Å². The van der Waals surface area contributed by atoms with Crippen LogP contribution in [0, 0.1) is 0 Å². The Morgan fingerprint density at radius 3 is 2.93 bits per heavy atom. The summed E-state index contributed by atoms with van der Waals surface area (Å²) in [5.41, 5.74) is 2.00. The number of nitrogens with one attached hydrogen (secondary N) is 1. The lowest BCUT2D eigenvalue weighted by Crippen LogP contribution is -2.43. The molecule has 1 aromatic carbocycles. The molecule has 0 saturated carbocycles. The molecule has 2 N–H and O–H groups in total. The minimum atomic E-state index is -0.234. The number of nitrogens with zero attached hydrogens (tertiary/aromatic N) is 4. The highest BCUT2D eigenvalue weighted by atomic mass is 16.5. The molecule has 1 saturated heterocycles. The van der Waals surface area contributed by atoms with Crippen LogP contribution in [-0.2, 0) is 19.9 Å². The van der Waals surface area contributed by atoms with Gasteiger partial charge in [0.15, 0.2) is 5.82 Å². The van der Waals surface area contributed by atoms with Crippen LogP contribution < -0.4 is 15.6 Å². The zero-order valence-electron chi connectivity index (χ0n) is 17.4. The van der Waals surface area contributed by atoms with Gasteiger partial charge in [-0.25, -0.2) is 0 Å². The van der Waals surface area contributed by atoms with E-state index in [4.69, 9.17) is 4.74 Å². The first-order valence-electron chi connectivity index (χ1n) is 10.5. The Morgan fingerprint density at radius 2 is 2.17 bits per heavy atom. The molecule has 8 heteroatoms. The first-order chi connectivity index (χ1) is 14.0. The number of benzene rings is 1. The lowest BCUT2D eigenvalue weighted by Gasteiger charge is -2.32. The van der Waals surface area contributed by atoms with Crippen LogP contribution in [-0.4, -0.2) is 57.1 Å². The van der Waals surface area contributed by atoms with Gasteiger partial charge in [-0.05, 0) is 44.0 Å². The maximum atomic E-state index is 13.0. The zero-order chi connectivity index (χ0) is 20.5. The molecule has 2 aliphatic rings. The average Bonchev–Trinajstić information content (AvgIpc) is 3.21. The van der Waals surface area contributed by atoms with Gasteiger partial charge in [-0.2, -0.15) is 0 Å². The Morgan fingerprint density at radius 1 is 1.34 bits per heavy atom. The number of phenols is 1. The minimum Gasteiger partial charge on any atom is -0.507 e. The van der Waals surface area contributed by atoms with Crippen molar-refractivity contribution in [3.05, 3.63) is 27.5 Å². The number of likely N-dealkylation sites (N-methyl/N-ethyl adjacent to an activating group) is 1. The van der Waals surface area contributed by atoms with Gasteiger partial charge >= 0.3 is 0 Å². The Balaban J connectivity index is 1.69. The molecular weight excluding hydrogens is 370 g/mol. The van der Waals surface area contributed by atoms with Crippen molar-refractivity contribution in [1.29, 1.82) is 0 Å². The Hall–Kier alpha value is -2.61. The number of fused-ring (bicyclic) bond motifs is 1. The normalized spacial score (nSPS) is 19.1. The van der Waals surface area contributed by atoms with Gasteiger partial charge in [0, 0.05) is 31.6 Å². The number of ether oxygens (including phenoxy) is 1. The highest BCUT2D eigenvalue weighted by Crippen LogP contribution is 2.42. The van der Waals surface area contributed by atoms with Crippen molar-refractivity contribution in [2.75, 3.05) is 31.6 Å². The van der Waals surface area contributed by atoms with E-state index in [9.17, 15) is 9.90 Å². The van der Waals surface area contributed by atoms with Gasteiger partial charge in [-0.3, -0.25) is 9.36 Å². The first kappa shape index (κ1) is 19.7. The van der Waals surface area contributed by atoms with Crippen molar-refractivity contribution < 1.29 is 9.84 Å². The summed E-state index contributed by atoms with van der Waals surface area (Å²) >= 11 is 0. The van der Waals surface area contributed by atoms with Crippen molar-refractivity contribution in [2.24, 2.45) is 7.05 Å². The van der Waals surface area contributed by atoms with Crippen LogP contribution in [0.5, 0.6) is 11.5 Å². The number of piperidine rings is 1. The molecular formula is C21H29N5O3. The molecule has 1 atom stereocenters. The van der Waals surface area contributed by atoms with E-state index in [2.05, 4.69) is 27.3 Å². The summed E-state index contributed by atoms with van der Waals surface area (Å²) in [6.45, 7) is 7.70. The molecule has 0 aliphatic carbocycles. The van der Waals surface area contributed by atoms with E-state index in [-0.39, 0.29) is 23.2 Å². The summed E-state index contributed by atoms with van der Waals surface area (Å²) in [6.07, 6.45) is 3.44.